The largest absolute Gasteiger partial charge is 0.444 e. The number of aromatic nitrogens is 1. The van der Waals surface area contributed by atoms with Crippen LogP contribution in [0.2, 0.25) is 0 Å². The molecular formula is C17H27N3O2. The summed E-state index contributed by atoms with van der Waals surface area (Å²) in [6.45, 7) is 12.2. The van der Waals surface area contributed by atoms with E-state index < -0.39 is 5.60 Å². The number of rotatable bonds is 2. The monoisotopic (exact) mass is 305 g/mol. The Labute approximate surface area is 133 Å². The minimum atomic E-state index is -0.446. The lowest BCUT2D eigenvalue weighted by molar-refractivity contribution is -0.00103. The van der Waals surface area contributed by atoms with E-state index in [4.69, 9.17) is 4.74 Å². The Bertz CT molecular complexity index is 498. The maximum absolute atomic E-state index is 12.2. The predicted molar refractivity (Wildman–Crippen MR) is 86.6 cm³/mol. The number of amides is 1. The summed E-state index contributed by atoms with van der Waals surface area (Å²) in [6, 6.07) is 6.52. The van der Waals surface area contributed by atoms with Crippen molar-refractivity contribution in [3.63, 3.8) is 0 Å². The third-order valence-corrected chi connectivity index (χ3v) is 3.94. The molecule has 0 spiro atoms. The Balaban J connectivity index is 1.97. The fraction of sp³-hybridized carbons (Fsp3) is 0.647. The Morgan fingerprint density at radius 1 is 1.36 bits per heavy atom. The molecule has 2 rings (SSSR count). The molecular weight excluding hydrogens is 278 g/mol. The van der Waals surface area contributed by atoms with Crippen molar-refractivity contribution >= 4 is 6.09 Å². The number of hydrogen-bond acceptors (Lipinski definition) is 4. The minimum Gasteiger partial charge on any atom is -0.444 e. The molecule has 0 unspecified atom stereocenters. The summed E-state index contributed by atoms with van der Waals surface area (Å²) in [5, 5.41) is 0. The molecule has 2 heterocycles. The lowest BCUT2D eigenvalue weighted by Gasteiger charge is -2.42. The summed E-state index contributed by atoms with van der Waals surface area (Å²) < 4.78 is 5.46. The van der Waals surface area contributed by atoms with E-state index in [0.29, 0.717) is 13.1 Å². The van der Waals surface area contributed by atoms with Crippen LogP contribution in [0, 0.1) is 0 Å². The topological polar surface area (TPSA) is 45.7 Å². The first-order valence-corrected chi connectivity index (χ1v) is 7.92. The van der Waals surface area contributed by atoms with Crippen molar-refractivity contribution in [3.8, 4) is 0 Å². The van der Waals surface area contributed by atoms with Crippen LogP contribution in [0.15, 0.2) is 24.4 Å². The smallest absolute Gasteiger partial charge is 0.410 e. The zero-order chi connectivity index (χ0) is 16.3. The molecule has 1 amide bonds. The van der Waals surface area contributed by atoms with Gasteiger partial charge in [-0.3, -0.25) is 9.88 Å². The van der Waals surface area contributed by atoms with Crippen molar-refractivity contribution in [2.75, 3.05) is 19.6 Å². The van der Waals surface area contributed by atoms with E-state index >= 15 is 0 Å². The molecule has 0 radical (unpaired) electrons. The summed E-state index contributed by atoms with van der Waals surface area (Å²) in [6.07, 6.45) is 1.61. The number of carbonyl (C=O) groups excluding carboxylic acids is 1. The molecule has 1 saturated heterocycles. The summed E-state index contributed by atoms with van der Waals surface area (Å²) in [5.41, 5.74) is 0.624. The van der Waals surface area contributed by atoms with Crippen molar-refractivity contribution < 1.29 is 9.53 Å². The average molecular weight is 305 g/mol. The lowest BCUT2D eigenvalue weighted by atomic mass is 10.1. The standard InChI is InChI=1S/C17H27N3O2/c1-13-12-19(16(21)22-17(3,4)5)10-11-20(13)14(2)15-8-6-7-9-18-15/h6-9,13-14H,10-12H2,1-5H3/t13-,14-/m1/s1. The molecule has 1 fully saturated rings. The van der Waals surface area contributed by atoms with Gasteiger partial charge in [-0.1, -0.05) is 6.07 Å². The second-order valence-corrected chi connectivity index (χ2v) is 6.94. The quantitative estimate of drug-likeness (QED) is 0.842. The van der Waals surface area contributed by atoms with Crippen LogP contribution in [0.1, 0.15) is 46.4 Å². The molecule has 0 aromatic carbocycles. The number of piperazine rings is 1. The van der Waals surface area contributed by atoms with Gasteiger partial charge in [0.05, 0.1) is 5.69 Å². The third-order valence-electron chi connectivity index (χ3n) is 3.94. The van der Waals surface area contributed by atoms with Gasteiger partial charge < -0.3 is 9.64 Å². The van der Waals surface area contributed by atoms with Crippen molar-refractivity contribution in [1.29, 1.82) is 0 Å². The second kappa shape index (κ2) is 6.65. The number of nitrogens with zero attached hydrogens (tertiary/aromatic N) is 3. The molecule has 5 nitrogen and oxygen atoms in total. The first-order valence-electron chi connectivity index (χ1n) is 7.92. The van der Waals surface area contributed by atoms with E-state index in [-0.39, 0.29) is 18.2 Å². The van der Waals surface area contributed by atoms with Crippen LogP contribution in [-0.2, 0) is 4.74 Å². The summed E-state index contributed by atoms with van der Waals surface area (Å²) in [7, 11) is 0. The molecule has 1 aliphatic heterocycles. The van der Waals surface area contributed by atoms with Crippen LogP contribution < -0.4 is 0 Å². The number of ether oxygens (including phenoxy) is 1. The Hall–Kier alpha value is -1.62. The van der Waals surface area contributed by atoms with E-state index in [0.717, 1.165) is 12.2 Å². The van der Waals surface area contributed by atoms with Gasteiger partial charge in [0.15, 0.2) is 0 Å². The molecule has 0 N–H and O–H groups in total. The van der Waals surface area contributed by atoms with Crippen LogP contribution in [0.4, 0.5) is 4.79 Å². The highest BCUT2D eigenvalue weighted by Gasteiger charge is 2.32. The number of pyridine rings is 1. The van der Waals surface area contributed by atoms with Gasteiger partial charge in [-0.25, -0.2) is 4.79 Å². The maximum Gasteiger partial charge on any atom is 0.410 e. The Kier molecular flexibility index (Phi) is 5.06. The Morgan fingerprint density at radius 2 is 2.09 bits per heavy atom. The second-order valence-electron chi connectivity index (χ2n) is 6.94. The van der Waals surface area contributed by atoms with Crippen molar-refractivity contribution in [2.45, 2.75) is 52.3 Å². The van der Waals surface area contributed by atoms with Crippen LogP contribution in [0.25, 0.3) is 0 Å². The van der Waals surface area contributed by atoms with Crippen LogP contribution in [-0.4, -0.2) is 52.2 Å². The van der Waals surface area contributed by atoms with E-state index in [1.54, 1.807) is 4.90 Å². The first-order chi connectivity index (χ1) is 10.3. The van der Waals surface area contributed by atoms with Gasteiger partial charge in [0.25, 0.3) is 0 Å². The summed E-state index contributed by atoms with van der Waals surface area (Å²) >= 11 is 0. The van der Waals surface area contributed by atoms with E-state index in [1.807, 2.05) is 39.1 Å². The highest BCUT2D eigenvalue weighted by molar-refractivity contribution is 5.68. The molecule has 0 aliphatic carbocycles. The molecule has 122 valence electrons. The first kappa shape index (κ1) is 16.7. The molecule has 5 heteroatoms. The van der Waals surface area contributed by atoms with E-state index in [2.05, 4.69) is 29.8 Å². The molecule has 1 aromatic heterocycles. The van der Waals surface area contributed by atoms with Gasteiger partial charge in [-0.15, -0.1) is 0 Å². The zero-order valence-corrected chi connectivity index (χ0v) is 14.2. The van der Waals surface area contributed by atoms with Crippen molar-refractivity contribution in [2.24, 2.45) is 0 Å². The van der Waals surface area contributed by atoms with Crippen LogP contribution in [0.3, 0.4) is 0 Å². The molecule has 1 aliphatic rings. The van der Waals surface area contributed by atoms with Crippen LogP contribution in [0.5, 0.6) is 0 Å². The van der Waals surface area contributed by atoms with E-state index in [1.165, 1.54) is 0 Å². The fourth-order valence-corrected chi connectivity index (χ4v) is 2.83. The minimum absolute atomic E-state index is 0.218. The lowest BCUT2D eigenvalue weighted by Crippen LogP contribution is -2.54. The SMILES string of the molecule is C[C@@H]1CN(C(=O)OC(C)(C)C)CCN1[C@H](C)c1ccccn1. The highest BCUT2D eigenvalue weighted by Crippen LogP contribution is 2.24. The van der Waals surface area contributed by atoms with E-state index in [9.17, 15) is 4.79 Å². The molecule has 1 aromatic rings. The van der Waals surface area contributed by atoms with Gasteiger partial charge in [0, 0.05) is 37.9 Å². The zero-order valence-electron chi connectivity index (χ0n) is 14.2. The van der Waals surface area contributed by atoms with Gasteiger partial charge in [-0.2, -0.15) is 0 Å². The predicted octanol–water partition coefficient (Wildman–Crippen LogP) is 3.08. The van der Waals surface area contributed by atoms with Gasteiger partial charge >= 0.3 is 6.09 Å². The molecule has 0 bridgehead atoms. The maximum atomic E-state index is 12.2. The third kappa shape index (κ3) is 4.19. The molecule has 2 atom stereocenters. The summed E-state index contributed by atoms with van der Waals surface area (Å²) in [4.78, 5) is 20.8. The summed E-state index contributed by atoms with van der Waals surface area (Å²) in [5.74, 6) is 0. The normalized spacial score (nSPS) is 21.5. The van der Waals surface area contributed by atoms with Crippen molar-refractivity contribution in [1.82, 2.24) is 14.8 Å². The molecule has 0 saturated carbocycles. The average Bonchev–Trinajstić information content (AvgIpc) is 2.45. The number of carbonyl (C=O) groups is 1. The Morgan fingerprint density at radius 3 is 2.64 bits per heavy atom. The van der Waals surface area contributed by atoms with Crippen molar-refractivity contribution in [3.05, 3.63) is 30.1 Å². The number of hydrogen-bond donors (Lipinski definition) is 0. The highest BCUT2D eigenvalue weighted by atomic mass is 16.6. The van der Waals surface area contributed by atoms with Crippen LogP contribution >= 0.6 is 0 Å². The van der Waals surface area contributed by atoms with Gasteiger partial charge in [-0.05, 0) is 46.8 Å². The molecule has 22 heavy (non-hydrogen) atoms. The van der Waals surface area contributed by atoms with Gasteiger partial charge in [0.1, 0.15) is 5.60 Å². The van der Waals surface area contributed by atoms with Gasteiger partial charge in [0.2, 0.25) is 0 Å². The fourth-order valence-electron chi connectivity index (χ4n) is 2.83.